The number of rotatable bonds is 14. The van der Waals surface area contributed by atoms with E-state index >= 15 is 0 Å². The van der Waals surface area contributed by atoms with Crippen molar-refractivity contribution in [1.29, 1.82) is 0 Å². The molecular formula is C30H46O2. The van der Waals surface area contributed by atoms with Gasteiger partial charge in [0.2, 0.25) is 0 Å². The number of fused-ring (bicyclic) bond motifs is 1. The lowest BCUT2D eigenvalue weighted by molar-refractivity contribution is 0.389. The SMILES string of the molecule is C/C(=C\Cc1cc(O)c2ccccc2c1O)CCCC(C)CCCC(C)CCCC(C)C. The molecule has 2 aromatic carbocycles. The van der Waals surface area contributed by atoms with Gasteiger partial charge in [0.05, 0.1) is 0 Å². The molecule has 178 valence electrons. The maximum absolute atomic E-state index is 10.6. The molecule has 0 spiro atoms. The van der Waals surface area contributed by atoms with Crippen LogP contribution in [0.1, 0.15) is 98.0 Å². The molecule has 0 heterocycles. The van der Waals surface area contributed by atoms with Crippen LogP contribution in [0.15, 0.2) is 42.0 Å². The molecule has 2 aromatic rings. The molecule has 0 amide bonds. The molecule has 0 aliphatic carbocycles. The van der Waals surface area contributed by atoms with Crippen LogP contribution in [-0.2, 0) is 6.42 Å². The molecule has 0 aromatic heterocycles. The number of hydrogen-bond acceptors (Lipinski definition) is 2. The molecule has 2 N–H and O–H groups in total. The Morgan fingerprint density at radius 1 is 0.812 bits per heavy atom. The van der Waals surface area contributed by atoms with Crippen molar-refractivity contribution in [2.45, 2.75) is 98.8 Å². The van der Waals surface area contributed by atoms with Crippen molar-refractivity contribution in [3.63, 3.8) is 0 Å². The Kier molecular flexibility index (Phi) is 11.1. The Morgan fingerprint density at radius 3 is 2.00 bits per heavy atom. The van der Waals surface area contributed by atoms with Crippen LogP contribution in [0, 0.1) is 17.8 Å². The van der Waals surface area contributed by atoms with Gasteiger partial charge in [-0.2, -0.15) is 0 Å². The van der Waals surface area contributed by atoms with Crippen molar-refractivity contribution in [2.24, 2.45) is 17.8 Å². The van der Waals surface area contributed by atoms with Gasteiger partial charge in [-0.1, -0.05) is 109 Å². The van der Waals surface area contributed by atoms with Gasteiger partial charge in [0.25, 0.3) is 0 Å². The van der Waals surface area contributed by atoms with Gasteiger partial charge >= 0.3 is 0 Å². The highest BCUT2D eigenvalue weighted by Gasteiger charge is 2.10. The van der Waals surface area contributed by atoms with Gasteiger partial charge in [-0.25, -0.2) is 0 Å². The zero-order valence-corrected chi connectivity index (χ0v) is 21.2. The molecule has 0 aliphatic heterocycles. The molecule has 0 radical (unpaired) electrons. The largest absolute Gasteiger partial charge is 0.507 e. The Hall–Kier alpha value is -1.96. The summed E-state index contributed by atoms with van der Waals surface area (Å²) in [5.41, 5.74) is 2.15. The van der Waals surface area contributed by atoms with E-state index in [-0.39, 0.29) is 11.5 Å². The number of hydrogen-bond donors (Lipinski definition) is 2. The fraction of sp³-hybridized carbons (Fsp3) is 0.600. The molecule has 2 atom stereocenters. The third kappa shape index (κ3) is 8.88. The van der Waals surface area contributed by atoms with Gasteiger partial charge in [-0.05, 0) is 50.0 Å². The van der Waals surface area contributed by atoms with E-state index < -0.39 is 0 Å². The molecule has 2 nitrogen and oxygen atoms in total. The Bertz CT molecular complexity index is 849. The number of phenolic OH excluding ortho intramolecular Hbond substituents is 2. The first-order chi connectivity index (χ1) is 15.3. The lowest BCUT2D eigenvalue weighted by Gasteiger charge is -2.15. The Morgan fingerprint density at radius 2 is 1.38 bits per heavy atom. The minimum absolute atomic E-state index is 0.238. The van der Waals surface area contributed by atoms with E-state index in [1.165, 1.54) is 56.9 Å². The van der Waals surface area contributed by atoms with Crippen molar-refractivity contribution in [3.05, 3.63) is 47.5 Å². The molecule has 0 saturated carbocycles. The van der Waals surface area contributed by atoms with Gasteiger partial charge in [0.15, 0.2) is 0 Å². The lowest BCUT2D eigenvalue weighted by Crippen LogP contribution is -2.00. The molecular weight excluding hydrogens is 392 g/mol. The highest BCUT2D eigenvalue weighted by atomic mass is 16.3. The minimum Gasteiger partial charge on any atom is -0.507 e. The van der Waals surface area contributed by atoms with Crippen LogP contribution in [-0.4, -0.2) is 10.2 Å². The number of aromatic hydroxyl groups is 2. The number of benzene rings is 2. The van der Waals surface area contributed by atoms with Crippen molar-refractivity contribution in [3.8, 4) is 11.5 Å². The summed E-state index contributed by atoms with van der Waals surface area (Å²) in [6, 6.07) is 9.16. The number of phenols is 2. The summed E-state index contributed by atoms with van der Waals surface area (Å²) in [5.74, 6) is 3.03. The second-order valence-electron chi connectivity index (χ2n) is 10.6. The average Bonchev–Trinajstić information content (AvgIpc) is 2.75. The fourth-order valence-electron chi connectivity index (χ4n) is 4.65. The third-order valence-corrected chi connectivity index (χ3v) is 6.88. The quantitative estimate of drug-likeness (QED) is 0.228. The van der Waals surface area contributed by atoms with Crippen LogP contribution < -0.4 is 0 Å². The summed E-state index contributed by atoms with van der Waals surface area (Å²) >= 11 is 0. The summed E-state index contributed by atoms with van der Waals surface area (Å²) in [7, 11) is 0. The smallest absolute Gasteiger partial charge is 0.127 e. The second kappa shape index (κ2) is 13.6. The third-order valence-electron chi connectivity index (χ3n) is 6.88. The normalized spacial score (nSPS) is 14.2. The average molecular weight is 439 g/mol. The number of allylic oxidation sites excluding steroid dienone is 2. The molecule has 32 heavy (non-hydrogen) atoms. The van der Waals surface area contributed by atoms with Crippen LogP contribution in [0.25, 0.3) is 10.8 Å². The first-order valence-corrected chi connectivity index (χ1v) is 12.9. The van der Waals surface area contributed by atoms with Crippen LogP contribution in [0.5, 0.6) is 11.5 Å². The fourth-order valence-corrected chi connectivity index (χ4v) is 4.65. The van der Waals surface area contributed by atoms with E-state index in [0.717, 1.165) is 35.1 Å². The zero-order valence-electron chi connectivity index (χ0n) is 21.2. The van der Waals surface area contributed by atoms with Gasteiger partial charge in [0, 0.05) is 16.3 Å². The summed E-state index contributed by atoms with van der Waals surface area (Å²) < 4.78 is 0. The molecule has 0 aliphatic rings. The second-order valence-corrected chi connectivity index (χ2v) is 10.6. The Balaban J connectivity index is 1.69. The van der Waals surface area contributed by atoms with E-state index in [4.69, 9.17) is 0 Å². The van der Waals surface area contributed by atoms with Gasteiger partial charge in [-0.15, -0.1) is 0 Å². The maximum atomic E-state index is 10.6. The first-order valence-electron chi connectivity index (χ1n) is 12.9. The Labute approximate surface area is 196 Å². The van der Waals surface area contributed by atoms with Crippen molar-refractivity contribution >= 4 is 10.8 Å². The van der Waals surface area contributed by atoms with Gasteiger partial charge in [0.1, 0.15) is 11.5 Å². The molecule has 0 fully saturated rings. The molecule has 2 heteroatoms. The molecule has 0 bridgehead atoms. The summed E-state index contributed by atoms with van der Waals surface area (Å²) in [4.78, 5) is 0. The van der Waals surface area contributed by atoms with Crippen LogP contribution in [0.3, 0.4) is 0 Å². The topological polar surface area (TPSA) is 40.5 Å². The van der Waals surface area contributed by atoms with E-state index in [0.29, 0.717) is 11.8 Å². The highest BCUT2D eigenvalue weighted by Crippen LogP contribution is 2.35. The van der Waals surface area contributed by atoms with E-state index in [9.17, 15) is 10.2 Å². The van der Waals surface area contributed by atoms with Crippen LogP contribution >= 0.6 is 0 Å². The van der Waals surface area contributed by atoms with Crippen LogP contribution in [0.4, 0.5) is 0 Å². The predicted octanol–water partition coefficient (Wildman–Crippen LogP) is 9.18. The summed E-state index contributed by atoms with van der Waals surface area (Å²) in [5, 5.41) is 22.3. The summed E-state index contributed by atoms with van der Waals surface area (Å²) in [6.07, 6.45) is 14.7. The zero-order chi connectivity index (χ0) is 23.5. The van der Waals surface area contributed by atoms with Crippen molar-refractivity contribution < 1.29 is 10.2 Å². The minimum atomic E-state index is 0.238. The molecule has 0 saturated heterocycles. The predicted molar refractivity (Wildman–Crippen MR) is 139 cm³/mol. The first kappa shape index (κ1) is 26.3. The van der Waals surface area contributed by atoms with E-state index in [1.54, 1.807) is 6.07 Å². The van der Waals surface area contributed by atoms with Gasteiger partial charge < -0.3 is 10.2 Å². The highest BCUT2D eigenvalue weighted by molar-refractivity contribution is 5.94. The van der Waals surface area contributed by atoms with Crippen molar-refractivity contribution in [1.82, 2.24) is 0 Å². The monoisotopic (exact) mass is 438 g/mol. The van der Waals surface area contributed by atoms with Gasteiger partial charge in [-0.3, -0.25) is 0 Å². The van der Waals surface area contributed by atoms with Crippen LogP contribution in [0.2, 0.25) is 0 Å². The van der Waals surface area contributed by atoms with E-state index in [2.05, 4.69) is 40.7 Å². The molecule has 2 rings (SSSR count). The lowest BCUT2D eigenvalue weighted by atomic mass is 9.91. The maximum Gasteiger partial charge on any atom is 0.127 e. The van der Waals surface area contributed by atoms with Crippen molar-refractivity contribution in [2.75, 3.05) is 0 Å². The molecule has 2 unspecified atom stereocenters. The standard InChI is InChI=1S/C30H46O2/c1-22(2)11-8-12-23(3)13-9-14-24(4)15-10-16-25(5)19-20-26-21-29(31)27-17-6-7-18-28(27)30(26)32/h6-7,17-19,21-24,31-32H,8-16,20H2,1-5H3/b25-19+. The van der Waals surface area contributed by atoms with E-state index in [1.807, 2.05) is 24.3 Å². The summed E-state index contributed by atoms with van der Waals surface area (Å²) in [6.45, 7) is 11.6.